The van der Waals surface area contributed by atoms with Gasteiger partial charge in [-0.1, -0.05) is 37.3 Å². The summed E-state index contributed by atoms with van der Waals surface area (Å²) in [5.74, 6) is -1.04. The summed E-state index contributed by atoms with van der Waals surface area (Å²) >= 11 is 0. The van der Waals surface area contributed by atoms with Crippen LogP contribution in [0.1, 0.15) is 73.0 Å². The molecule has 0 spiro atoms. The lowest BCUT2D eigenvalue weighted by Gasteiger charge is -2.46. The minimum absolute atomic E-state index is 0.133. The SMILES string of the molecule is CCOC1=C(C(C)=O)C(OCC)C(C)C([C@@H](C)N(CCO[C@@H](C)c2ccccc2)C(=O)N[C@]2(C(=O)O)C[C@@H](OCC)C2)=C1. The number of ketones is 1. The fourth-order valence-electron chi connectivity index (χ4n) is 5.96. The molecule has 10 heteroatoms. The number of urea groups is 1. The standard InChI is InChI=1S/C33H48N2O8/c1-8-40-26-19-33(20-26,31(37)38)34-32(39)35(16-17-43-24(7)25-14-12-11-13-15-25)22(5)27-18-28(41-9-2)29(23(6)36)30(21(27)4)42-10-3/h11-15,18,21-22,24,26,30H,8-10,16-17,19-20H2,1-7H3,(H,34,39)(H,37,38)/t21?,22-,24+,26-,30?,33-/m1/s1. The van der Waals surface area contributed by atoms with Gasteiger partial charge in [-0.25, -0.2) is 9.59 Å². The van der Waals surface area contributed by atoms with Crippen LogP contribution in [-0.4, -0.2) is 84.6 Å². The average molecular weight is 601 g/mol. The third-order valence-electron chi connectivity index (χ3n) is 8.34. The third kappa shape index (κ3) is 8.04. The second-order valence-corrected chi connectivity index (χ2v) is 11.2. The quantitative estimate of drug-likeness (QED) is 0.270. The number of amides is 2. The van der Waals surface area contributed by atoms with E-state index in [-0.39, 0.29) is 49.9 Å². The van der Waals surface area contributed by atoms with Gasteiger partial charge in [0, 0.05) is 38.5 Å². The number of benzene rings is 1. The Balaban J connectivity index is 1.93. The molecule has 10 nitrogen and oxygen atoms in total. The van der Waals surface area contributed by atoms with Gasteiger partial charge in [-0.05, 0) is 58.8 Å². The van der Waals surface area contributed by atoms with E-state index in [1.807, 2.05) is 78.0 Å². The highest BCUT2D eigenvalue weighted by atomic mass is 16.5. The molecule has 0 heterocycles. The number of Topliss-reactive ketones (excluding diaryl/α,β-unsaturated/α-hetero) is 1. The van der Waals surface area contributed by atoms with E-state index in [1.165, 1.54) is 6.92 Å². The predicted octanol–water partition coefficient (Wildman–Crippen LogP) is 5.05. The maximum absolute atomic E-state index is 13.9. The summed E-state index contributed by atoms with van der Waals surface area (Å²) in [5.41, 5.74) is 0.915. The molecule has 0 saturated heterocycles. The molecule has 1 aromatic rings. The molecule has 2 amide bonds. The maximum atomic E-state index is 13.9. The van der Waals surface area contributed by atoms with E-state index in [1.54, 1.807) is 4.90 Å². The molecule has 4 atom stereocenters. The largest absolute Gasteiger partial charge is 0.493 e. The fourth-order valence-corrected chi connectivity index (χ4v) is 5.96. The Hall–Kier alpha value is -3.21. The molecule has 0 radical (unpaired) electrons. The van der Waals surface area contributed by atoms with E-state index < -0.39 is 29.7 Å². The van der Waals surface area contributed by atoms with Crippen LogP contribution in [-0.2, 0) is 28.5 Å². The first-order valence-electron chi connectivity index (χ1n) is 15.3. The van der Waals surface area contributed by atoms with Crippen molar-refractivity contribution in [3.8, 4) is 0 Å². The van der Waals surface area contributed by atoms with Crippen LogP contribution >= 0.6 is 0 Å². The third-order valence-corrected chi connectivity index (χ3v) is 8.34. The van der Waals surface area contributed by atoms with Gasteiger partial charge in [-0.15, -0.1) is 0 Å². The van der Waals surface area contributed by atoms with Crippen molar-refractivity contribution >= 4 is 17.8 Å². The average Bonchev–Trinajstić information content (AvgIpc) is 2.95. The molecule has 0 bridgehead atoms. The molecule has 0 aliphatic heterocycles. The second-order valence-electron chi connectivity index (χ2n) is 11.2. The number of nitrogens with one attached hydrogen (secondary N) is 1. The van der Waals surface area contributed by atoms with Crippen LogP contribution in [0.2, 0.25) is 0 Å². The zero-order chi connectivity index (χ0) is 31.7. The normalized spacial score (nSPS) is 24.8. The highest BCUT2D eigenvalue weighted by Crippen LogP contribution is 2.38. The Kier molecular flexibility index (Phi) is 12.4. The van der Waals surface area contributed by atoms with Crippen molar-refractivity contribution in [2.24, 2.45) is 5.92 Å². The van der Waals surface area contributed by atoms with Gasteiger partial charge in [-0.2, -0.15) is 0 Å². The number of carboxylic acids is 1. The number of carboxylic acid groups (broad SMARTS) is 1. The molecule has 3 rings (SSSR count). The summed E-state index contributed by atoms with van der Waals surface area (Å²) in [6.07, 6.45) is 1.24. The number of aliphatic carboxylic acids is 1. The minimum Gasteiger partial charge on any atom is -0.493 e. The lowest BCUT2D eigenvalue weighted by molar-refractivity contribution is -0.156. The van der Waals surface area contributed by atoms with Crippen molar-refractivity contribution < 1.29 is 38.4 Å². The molecule has 2 aliphatic carbocycles. The number of ether oxygens (including phenoxy) is 4. The van der Waals surface area contributed by atoms with Crippen molar-refractivity contribution in [1.29, 1.82) is 0 Å². The highest BCUT2D eigenvalue weighted by Gasteiger charge is 2.53. The molecule has 2 N–H and O–H groups in total. The van der Waals surface area contributed by atoms with Gasteiger partial charge in [0.2, 0.25) is 0 Å². The lowest BCUT2D eigenvalue weighted by atomic mass is 9.74. The fraction of sp³-hybridized carbons (Fsp3) is 0.606. The number of carbonyl (C=O) groups is 3. The van der Waals surface area contributed by atoms with Gasteiger partial charge in [0.25, 0.3) is 0 Å². The molecule has 1 saturated carbocycles. The van der Waals surface area contributed by atoms with Gasteiger partial charge in [0.05, 0.1) is 43.1 Å². The molecule has 0 aromatic heterocycles. The number of rotatable bonds is 16. The van der Waals surface area contributed by atoms with Crippen LogP contribution in [0.3, 0.4) is 0 Å². The first-order valence-corrected chi connectivity index (χ1v) is 15.3. The molecule has 2 aliphatic rings. The first-order chi connectivity index (χ1) is 20.5. The van der Waals surface area contributed by atoms with Gasteiger partial charge >= 0.3 is 12.0 Å². The number of hydrogen-bond acceptors (Lipinski definition) is 7. The first kappa shape index (κ1) is 34.3. The van der Waals surface area contributed by atoms with Crippen LogP contribution < -0.4 is 5.32 Å². The zero-order valence-electron chi connectivity index (χ0n) is 26.6. The summed E-state index contributed by atoms with van der Waals surface area (Å²) < 4.78 is 23.7. The summed E-state index contributed by atoms with van der Waals surface area (Å²) in [7, 11) is 0. The van der Waals surface area contributed by atoms with Gasteiger partial charge < -0.3 is 34.3 Å². The number of nitrogens with zero attached hydrogens (tertiary/aromatic N) is 1. The monoisotopic (exact) mass is 600 g/mol. The van der Waals surface area contributed by atoms with E-state index in [0.29, 0.717) is 31.2 Å². The van der Waals surface area contributed by atoms with Crippen molar-refractivity contribution in [1.82, 2.24) is 10.2 Å². The van der Waals surface area contributed by atoms with Gasteiger partial charge in [0.15, 0.2) is 5.78 Å². The number of carbonyl (C=O) groups excluding carboxylic acids is 2. The van der Waals surface area contributed by atoms with E-state index in [2.05, 4.69) is 5.32 Å². The molecule has 1 aromatic carbocycles. The Morgan fingerprint density at radius 3 is 2.26 bits per heavy atom. The van der Waals surface area contributed by atoms with Crippen molar-refractivity contribution in [3.63, 3.8) is 0 Å². The summed E-state index contributed by atoms with van der Waals surface area (Å²) in [4.78, 5) is 40.6. The predicted molar refractivity (Wildman–Crippen MR) is 163 cm³/mol. The Labute approximate surface area is 255 Å². The maximum Gasteiger partial charge on any atom is 0.329 e. The van der Waals surface area contributed by atoms with Crippen molar-refractivity contribution in [3.05, 3.63) is 58.9 Å². The summed E-state index contributed by atoms with van der Waals surface area (Å²) in [6, 6.07) is 8.79. The van der Waals surface area contributed by atoms with Gasteiger partial charge in [0.1, 0.15) is 11.3 Å². The van der Waals surface area contributed by atoms with Crippen LogP contribution in [0, 0.1) is 5.92 Å². The van der Waals surface area contributed by atoms with Crippen LogP contribution in [0.4, 0.5) is 4.79 Å². The molecular weight excluding hydrogens is 552 g/mol. The molecule has 43 heavy (non-hydrogen) atoms. The van der Waals surface area contributed by atoms with E-state index >= 15 is 0 Å². The minimum atomic E-state index is -1.41. The van der Waals surface area contributed by atoms with E-state index in [9.17, 15) is 19.5 Å². The summed E-state index contributed by atoms with van der Waals surface area (Å²) in [5, 5.41) is 12.9. The summed E-state index contributed by atoms with van der Waals surface area (Å²) in [6.45, 7) is 14.5. The molecule has 2 unspecified atom stereocenters. The zero-order valence-corrected chi connectivity index (χ0v) is 26.6. The Morgan fingerprint density at radius 1 is 1.05 bits per heavy atom. The topological polar surface area (TPSA) is 124 Å². The molecular formula is C33H48N2O8. The van der Waals surface area contributed by atoms with E-state index in [0.717, 1.165) is 11.1 Å². The lowest BCUT2D eigenvalue weighted by Crippen LogP contribution is -2.67. The Bertz CT molecular complexity index is 1170. The Morgan fingerprint density at radius 2 is 1.70 bits per heavy atom. The highest BCUT2D eigenvalue weighted by molar-refractivity contribution is 5.96. The van der Waals surface area contributed by atoms with Crippen LogP contribution in [0.5, 0.6) is 0 Å². The van der Waals surface area contributed by atoms with Crippen LogP contribution in [0.15, 0.2) is 53.3 Å². The van der Waals surface area contributed by atoms with Gasteiger partial charge in [-0.3, -0.25) is 4.79 Å². The van der Waals surface area contributed by atoms with E-state index in [4.69, 9.17) is 18.9 Å². The molecule has 1 fully saturated rings. The second kappa shape index (κ2) is 15.5. The number of hydrogen-bond donors (Lipinski definition) is 2. The van der Waals surface area contributed by atoms with Crippen molar-refractivity contribution in [2.75, 3.05) is 33.0 Å². The smallest absolute Gasteiger partial charge is 0.329 e. The molecule has 238 valence electrons. The van der Waals surface area contributed by atoms with Crippen LogP contribution in [0.25, 0.3) is 0 Å². The number of allylic oxidation sites excluding steroid dienone is 1. The van der Waals surface area contributed by atoms with Crippen molar-refractivity contribution in [2.45, 2.75) is 91.2 Å².